The van der Waals surface area contributed by atoms with Crippen molar-refractivity contribution in [2.75, 3.05) is 13.7 Å². The number of benzene rings is 3. The average Bonchev–Trinajstić information content (AvgIpc) is 3.17. The number of esters is 1. The maximum absolute atomic E-state index is 13.4. The van der Waals surface area contributed by atoms with Gasteiger partial charge in [0, 0.05) is 12.1 Å². The monoisotopic (exact) mass is 497 g/mol. The van der Waals surface area contributed by atoms with E-state index in [1.807, 2.05) is 37.3 Å². The van der Waals surface area contributed by atoms with E-state index < -0.39 is 23.7 Å². The molecule has 7 heteroatoms. The standard InChI is InChI=1S/C30H27NO6/c1-18-6-3-4-8-23(18)26-25(27(32)22-13-14-24-21(16-22)7-5-15-37-24)28(33)29(34)31(26)17-19-9-11-20(12-10-19)30(35)36-2/h3-4,6,8-14,16,26,32H,5,7,15,17H2,1-2H3/b27-25+. The Hall–Kier alpha value is -4.39. The third-order valence-electron chi connectivity index (χ3n) is 6.93. The summed E-state index contributed by atoms with van der Waals surface area (Å²) in [5.41, 5.74) is 4.27. The molecular formula is C30H27NO6. The maximum Gasteiger partial charge on any atom is 0.337 e. The Labute approximate surface area is 214 Å². The molecule has 1 amide bonds. The van der Waals surface area contributed by atoms with Gasteiger partial charge in [-0.25, -0.2) is 4.79 Å². The van der Waals surface area contributed by atoms with Crippen molar-refractivity contribution in [2.45, 2.75) is 32.4 Å². The fourth-order valence-electron chi connectivity index (χ4n) is 4.98. The number of nitrogens with zero attached hydrogens (tertiary/aromatic N) is 1. The number of ether oxygens (including phenoxy) is 2. The molecule has 0 aromatic heterocycles. The number of carbonyl (C=O) groups excluding carboxylic acids is 3. The summed E-state index contributed by atoms with van der Waals surface area (Å²) < 4.78 is 10.4. The van der Waals surface area contributed by atoms with Crippen LogP contribution in [0, 0.1) is 6.92 Å². The number of Topliss-reactive ketones (excluding diaryl/α,β-unsaturated/α-hetero) is 1. The molecule has 37 heavy (non-hydrogen) atoms. The molecule has 1 unspecified atom stereocenters. The number of aliphatic hydroxyl groups is 1. The van der Waals surface area contributed by atoms with Crippen LogP contribution in [0.3, 0.4) is 0 Å². The van der Waals surface area contributed by atoms with Crippen LogP contribution >= 0.6 is 0 Å². The molecule has 0 saturated carbocycles. The molecule has 2 heterocycles. The van der Waals surface area contributed by atoms with Crippen LogP contribution in [0.1, 0.15) is 50.6 Å². The average molecular weight is 498 g/mol. The van der Waals surface area contributed by atoms with Crippen molar-refractivity contribution in [1.82, 2.24) is 4.90 Å². The Morgan fingerprint density at radius 3 is 2.51 bits per heavy atom. The van der Waals surface area contributed by atoms with Crippen molar-refractivity contribution in [3.63, 3.8) is 0 Å². The number of carbonyl (C=O) groups is 3. The van der Waals surface area contributed by atoms with Crippen LogP contribution < -0.4 is 4.74 Å². The first-order chi connectivity index (χ1) is 17.9. The summed E-state index contributed by atoms with van der Waals surface area (Å²) in [4.78, 5) is 40.0. The van der Waals surface area contributed by atoms with Crippen molar-refractivity contribution in [1.29, 1.82) is 0 Å². The molecule has 188 valence electrons. The van der Waals surface area contributed by atoms with Gasteiger partial charge in [0.1, 0.15) is 11.5 Å². The van der Waals surface area contributed by atoms with Crippen molar-refractivity contribution in [3.05, 3.63) is 106 Å². The minimum absolute atomic E-state index is 0.0576. The van der Waals surface area contributed by atoms with E-state index in [2.05, 4.69) is 0 Å². The van der Waals surface area contributed by atoms with E-state index in [1.54, 1.807) is 36.4 Å². The summed E-state index contributed by atoms with van der Waals surface area (Å²) in [6, 6.07) is 18.8. The highest BCUT2D eigenvalue weighted by molar-refractivity contribution is 6.46. The predicted molar refractivity (Wildman–Crippen MR) is 137 cm³/mol. The highest BCUT2D eigenvalue weighted by atomic mass is 16.5. The Morgan fingerprint density at radius 2 is 1.78 bits per heavy atom. The van der Waals surface area contributed by atoms with Gasteiger partial charge in [-0.2, -0.15) is 0 Å². The number of likely N-dealkylation sites (tertiary alicyclic amines) is 1. The smallest absolute Gasteiger partial charge is 0.337 e. The molecule has 5 rings (SSSR count). The molecule has 2 aliphatic heterocycles. The summed E-state index contributed by atoms with van der Waals surface area (Å²) in [5.74, 6) is -1.31. The Kier molecular flexibility index (Phi) is 6.53. The molecule has 3 aromatic rings. The van der Waals surface area contributed by atoms with Crippen molar-refractivity contribution in [2.24, 2.45) is 0 Å². The number of hydrogen-bond acceptors (Lipinski definition) is 6. The van der Waals surface area contributed by atoms with Gasteiger partial charge in [-0.15, -0.1) is 0 Å². The lowest BCUT2D eigenvalue weighted by molar-refractivity contribution is -0.140. The molecule has 1 saturated heterocycles. The molecule has 0 radical (unpaired) electrons. The summed E-state index contributed by atoms with van der Waals surface area (Å²) in [6.45, 7) is 2.69. The van der Waals surface area contributed by atoms with Crippen LogP contribution in [0.15, 0.2) is 72.3 Å². The van der Waals surface area contributed by atoms with Crippen LogP contribution in [-0.2, 0) is 27.3 Å². The van der Waals surface area contributed by atoms with Crippen LogP contribution in [0.5, 0.6) is 5.75 Å². The zero-order valence-electron chi connectivity index (χ0n) is 20.7. The van der Waals surface area contributed by atoms with Gasteiger partial charge in [0.2, 0.25) is 0 Å². The molecule has 3 aromatic carbocycles. The minimum atomic E-state index is -0.770. The molecule has 2 aliphatic rings. The molecule has 0 bridgehead atoms. The van der Waals surface area contributed by atoms with Crippen LogP contribution in [0.25, 0.3) is 5.76 Å². The Morgan fingerprint density at radius 1 is 1.05 bits per heavy atom. The second-order valence-corrected chi connectivity index (χ2v) is 9.25. The highest BCUT2D eigenvalue weighted by Crippen LogP contribution is 2.42. The van der Waals surface area contributed by atoms with E-state index in [9.17, 15) is 19.5 Å². The number of amides is 1. The van der Waals surface area contributed by atoms with Gasteiger partial charge >= 0.3 is 5.97 Å². The molecular weight excluding hydrogens is 470 g/mol. The van der Waals surface area contributed by atoms with E-state index >= 15 is 0 Å². The molecule has 7 nitrogen and oxygen atoms in total. The number of rotatable bonds is 5. The number of fused-ring (bicyclic) bond motifs is 1. The fourth-order valence-corrected chi connectivity index (χ4v) is 4.98. The number of methoxy groups -OCH3 is 1. The van der Waals surface area contributed by atoms with Gasteiger partial charge in [-0.3, -0.25) is 9.59 Å². The predicted octanol–water partition coefficient (Wildman–Crippen LogP) is 4.73. The van der Waals surface area contributed by atoms with Crippen LogP contribution in [0.4, 0.5) is 0 Å². The third-order valence-corrected chi connectivity index (χ3v) is 6.93. The molecule has 1 atom stereocenters. The second-order valence-electron chi connectivity index (χ2n) is 9.25. The number of ketones is 1. The lowest BCUT2D eigenvalue weighted by atomic mass is 9.91. The third kappa shape index (κ3) is 4.48. The van der Waals surface area contributed by atoms with E-state index in [0.29, 0.717) is 17.7 Å². The van der Waals surface area contributed by atoms with Gasteiger partial charge in [0.05, 0.1) is 30.9 Å². The number of aryl methyl sites for hydroxylation is 2. The van der Waals surface area contributed by atoms with E-state index in [-0.39, 0.29) is 17.9 Å². The highest BCUT2D eigenvalue weighted by Gasteiger charge is 2.46. The summed E-state index contributed by atoms with van der Waals surface area (Å²) in [7, 11) is 1.31. The van der Waals surface area contributed by atoms with Gasteiger partial charge in [0.25, 0.3) is 11.7 Å². The largest absolute Gasteiger partial charge is 0.507 e. The molecule has 1 fully saturated rings. The van der Waals surface area contributed by atoms with E-state index in [0.717, 1.165) is 40.8 Å². The summed E-state index contributed by atoms with van der Waals surface area (Å²) >= 11 is 0. The SMILES string of the molecule is COC(=O)c1ccc(CN2C(=O)C(=O)/C(=C(/O)c3ccc4c(c3)CCCO4)C2c2ccccc2C)cc1. The zero-order valence-corrected chi connectivity index (χ0v) is 20.7. The van der Waals surface area contributed by atoms with Crippen LogP contribution in [0.2, 0.25) is 0 Å². The summed E-state index contributed by atoms with van der Waals surface area (Å²) in [5, 5.41) is 11.4. The zero-order chi connectivity index (χ0) is 26.1. The Bertz CT molecular complexity index is 1420. The topological polar surface area (TPSA) is 93.1 Å². The first-order valence-corrected chi connectivity index (χ1v) is 12.2. The normalized spacial score (nSPS) is 18.3. The fraction of sp³-hybridized carbons (Fsp3) is 0.233. The van der Waals surface area contributed by atoms with Gasteiger partial charge in [0.15, 0.2) is 0 Å². The number of hydrogen-bond donors (Lipinski definition) is 1. The summed E-state index contributed by atoms with van der Waals surface area (Å²) in [6.07, 6.45) is 1.69. The molecule has 1 N–H and O–H groups in total. The Balaban J connectivity index is 1.59. The first kappa shape index (κ1) is 24.3. The van der Waals surface area contributed by atoms with E-state index in [1.165, 1.54) is 12.0 Å². The van der Waals surface area contributed by atoms with Crippen LogP contribution in [-0.4, -0.2) is 41.4 Å². The van der Waals surface area contributed by atoms with Gasteiger partial charge < -0.3 is 19.5 Å². The van der Waals surface area contributed by atoms with Gasteiger partial charge in [-0.05, 0) is 72.4 Å². The number of aliphatic hydroxyl groups excluding tert-OH is 1. The van der Waals surface area contributed by atoms with Crippen molar-refractivity contribution in [3.8, 4) is 5.75 Å². The minimum Gasteiger partial charge on any atom is -0.507 e. The van der Waals surface area contributed by atoms with Crippen molar-refractivity contribution >= 4 is 23.4 Å². The molecule has 0 aliphatic carbocycles. The second kappa shape index (κ2) is 9.93. The lowest BCUT2D eigenvalue weighted by Gasteiger charge is -2.27. The maximum atomic E-state index is 13.4. The first-order valence-electron chi connectivity index (χ1n) is 12.2. The van der Waals surface area contributed by atoms with Gasteiger partial charge in [-0.1, -0.05) is 36.4 Å². The lowest BCUT2D eigenvalue weighted by Crippen LogP contribution is -2.29. The van der Waals surface area contributed by atoms with Crippen molar-refractivity contribution < 1.29 is 29.0 Å². The quantitative estimate of drug-likeness (QED) is 0.237. The van der Waals surface area contributed by atoms with E-state index in [4.69, 9.17) is 9.47 Å². The molecule has 0 spiro atoms.